The number of nitrogens with two attached hydrogens (primary N) is 1. The second-order valence-electron chi connectivity index (χ2n) is 3.12. The number of thiophene rings is 1. The third-order valence-electron chi connectivity index (χ3n) is 2.11. The van der Waals surface area contributed by atoms with Gasteiger partial charge < -0.3 is 5.73 Å². The van der Waals surface area contributed by atoms with E-state index in [4.69, 9.17) is 5.73 Å². The first kappa shape index (κ1) is 10.7. The van der Waals surface area contributed by atoms with Gasteiger partial charge in [0.1, 0.15) is 0 Å². The second-order valence-corrected chi connectivity index (χ2v) is 6.30. The van der Waals surface area contributed by atoms with Gasteiger partial charge in [0.05, 0.1) is 5.25 Å². The van der Waals surface area contributed by atoms with Gasteiger partial charge in [-0.2, -0.15) is 11.3 Å². The topological polar surface area (TPSA) is 60.2 Å². The fourth-order valence-corrected chi connectivity index (χ4v) is 2.40. The number of hydrogen-bond donors (Lipinski definition) is 1. The molecule has 0 spiro atoms. The highest BCUT2D eigenvalue weighted by Crippen LogP contribution is 2.20. The van der Waals surface area contributed by atoms with E-state index in [1.165, 1.54) is 17.6 Å². The van der Waals surface area contributed by atoms with Crippen molar-refractivity contribution < 1.29 is 8.42 Å². The van der Waals surface area contributed by atoms with Crippen LogP contribution in [0.25, 0.3) is 0 Å². The summed E-state index contributed by atoms with van der Waals surface area (Å²) in [6.45, 7) is 1.64. The lowest BCUT2D eigenvalue weighted by Gasteiger charge is -2.16. The van der Waals surface area contributed by atoms with E-state index < -0.39 is 21.1 Å². The van der Waals surface area contributed by atoms with E-state index in [0.29, 0.717) is 0 Å². The first-order chi connectivity index (χ1) is 5.93. The third kappa shape index (κ3) is 2.52. The van der Waals surface area contributed by atoms with Gasteiger partial charge in [0.25, 0.3) is 0 Å². The summed E-state index contributed by atoms with van der Waals surface area (Å²) in [6, 6.07) is 1.44. The molecule has 1 rings (SSSR count). The molecule has 2 N–H and O–H groups in total. The van der Waals surface area contributed by atoms with Crippen LogP contribution in [-0.4, -0.2) is 19.9 Å². The summed E-state index contributed by atoms with van der Waals surface area (Å²) in [5.74, 6) is 0. The molecule has 2 atom stereocenters. The highest BCUT2D eigenvalue weighted by atomic mass is 32.2. The quantitative estimate of drug-likeness (QED) is 0.830. The average Bonchev–Trinajstić information content (AvgIpc) is 2.51. The highest BCUT2D eigenvalue weighted by Gasteiger charge is 2.23. The molecule has 2 unspecified atom stereocenters. The lowest BCUT2D eigenvalue weighted by atomic mass is 10.1. The van der Waals surface area contributed by atoms with Gasteiger partial charge in [0.15, 0.2) is 9.84 Å². The van der Waals surface area contributed by atoms with Crippen LogP contribution >= 0.6 is 11.3 Å². The molecule has 0 saturated carbocycles. The zero-order valence-electron chi connectivity index (χ0n) is 7.60. The van der Waals surface area contributed by atoms with Crippen molar-refractivity contribution in [2.75, 3.05) is 6.26 Å². The Kier molecular flexibility index (Phi) is 3.10. The number of sulfone groups is 1. The van der Waals surface area contributed by atoms with Crippen LogP contribution in [-0.2, 0) is 9.84 Å². The largest absolute Gasteiger partial charge is 0.323 e. The highest BCUT2D eigenvalue weighted by molar-refractivity contribution is 7.91. The van der Waals surface area contributed by atoms with Gasteiger partial charge in [-0.3, -0.25) is 0 Å². The van der Waals surface area contributed by atoms with Crippen LogP contribution in [0, 0.1) is 0 Å². The van der Waals surface area contributed by atoms with Crippen molar-refractivity contribution in [1.29, 1.82) is 0 Å². The van der Waals surface area contributed by atoms with Gasteiger partial charge in [0.2, 0.25) is 0 Å². The average molecular weight is 219 g/mol. The van der Waals surface area contributed by atoms with E-state index in [9.17, 15) is 8.42 Å². The zero-order valence-corrected chi connectivity index (χ0v) is 9.23. The summed E-state index contributed by atoms with van der Waals surface area (Å²) < 4.78 is 22.4. The summed E-state index contributed by atoms with van der Waals surface area (Å²) in [4.78, 5) is 0. The van der Waals surface area contributed by atoms with E-state index in [0.717, 1.165) is 5.56 Å². The van der Waals surface area contributed by atoms with Crippen LogP contribution in [0.3, 0.4) is 0 Å². The molecule has 0 saturated heterocycles. The van der Waals surface area contributed by atoms with Gasteiger partial charge >= 0.3 is 0 Å². The van der Waals surface area contributed by atoms with Gasteiger partial charge in [-0.25, -0.2) is 8.42 Å². The number of rotatable bonds is 3. The Hall–Kier alpha value is -0.390. The van der Waals surface area contributed by atoms with Crippen molar-refractivity contribution >= 4 is 21.2 Å². The second kappa shape index (κ2) is 3.77. The van der Waals surface area contributed by atoms with Gasteiger partial charge in [0, 0.05) is 12.3 Å². The molecule has 0 radical (unpaired) electrons. The Labute approximate surface area is 82.5 Å². The van der Waals surface area contributed by atoms with Crippen LogP contribution in [0.4, 0.5) is 0 Å². The Bertz CT molecular complexity index is 356. The molecule has 0 amide bonds. The van der Waals surface area contributed by atoms with E-state index in [2.05, 4.69) is 0 Å². The Balaban J connectivity index is 2.86. The molecule has 1 heterocycles. The summed E-state index contributed by atoms with van der Waals surface area (Å²) in [7, 11) is -3.05. The predicted octanol–water partition coefficient (Wildman–Crippen LogP) is 1.18. The van der Waals surface area contributed by atoms with Crippen LogP contribution in [0.2, 0.25) is 0 Å². The summed E-state index contributed by atoms with van der Waals surface area (Å²) in [6.07, 6.45) is 1.21. The fourth-order valence-electron chi connectivity index (χ4n) is 1.00. The van der Waals surface area contributed by atoms with Crippen molar-refractivity contribution in [3.63, 3.8) is 0 Å². The number of hydrogen-bond acceptors (Lipinski definition) is 4. The zero-order chi connectivity index (χ0) is 10.1. The molecule has 0 aromatic carbocycles. The molecular formula is C8H13NO2S2. The Morgan fingerprint density at radius 1 is 1.54 bits per heavy atom. The maximum atomic E-state index is 11.2. The van der Waals surface area contributed by atoms with Gasteiger partial charge in [-0.05, 0) is 29.3 Å². The summed E-state index contributed by atoms with van der Waals surface area (Å²) >= 11 is 1.52. The normalized spacial score (nSPS) is 16.8. The lowest BCUT2D eigenvalue weighted by Crippen LogP contribution is -2.30. The van der Waals surface area contributed by atoms with E-state index in [1.807, 2.05) is 16.8 Å². The van der Waals surface area contributed by atoms with Crippen molar-refractivity contribution in [3.05, 3.63) is 22.4 Å². The van der Waals surface area contributed by atoms with Crippen molar-refractivity contribution in [2.24, 2.45) is 5.73 Å². The van der Waals surface area contributed by atoms with Crippen molar-refractivity contribution in [3.8, 4) is 0 Å². The predicted molar refractivity (Wildman–Crippen MR) is 55.6 cm³/mol. The Morgan fingerprint density at radius 2 is 2.15 bits per heavy atom. The van der Waals surface area contributed by atoms with Crippen LogP contribution in [0.1, 0.15) is 18.5 Å². The third-order valence-corrected chi connectivity index (χ3v) is 4.45. The first-order valence-corrected chi connectivity index (χ1v) is 6.79. The molecule has 74 valence electrons. The minimum atomic E-state index is -3.05. The van der Waals surface area contributed by atoms with E-state index >= 15 is 0 Å². The maximum absolute atomic E-state index is 11.2. The van der Waals surface area contributed by atoms with Crippen LogP contribution < -0.4 is 5.73 Å². The van der Waals surface area contributed by atoms with Gasteiger partial charge in [-0.15, -0.1) is 0 Å². The van der Waals surface area contributed by atoms with E-state index in [1.54, 1.807) is 6.92 Å². The summed E-state index contributed by atoms with van der Waals surface area (Å²) in [5.41, 5.74) is 6.69. The monoisotopic (exact) mass is 219 g/mol. The van der Waals surface area contributed by atoms with E-state index in [-0.39, 0.29) is 0 Å². The Morgan fingerprint density at radius 3 is 2.54 bits per heavy atom. The molecule has 1 aromatic heterocycles. The minimum Gasteiger partial charge on any atom is -0.323 e. The smallest absolute Gasteiger partial charge is 0.151 e. The first-order valence-electron chi connectivity index (χ1n) is 3.89. The molecule has 0 aliphatic heterocycles. The summed E-state index contributed by atoms with van der Waals surface area (Å²) in [5, 5.41) is 3.25. The molecular weight excluding hydrogens is 206 g/mol. The van der Waals surface area contributed by atoms with Crippen LogP contribution in [0.5, 0.6) is 0 Å². The fraction of sp³-hybridized carbons (Fsp3) is 0.500. The van der Waals surface area contributed by atoms with Crippen LogP contribution in [0.15, 0.2) is 16.8 Å². The lowest BCUT2D eigenvalue weighted by molar-refractivity contribution is 0.571. The molecule has 0 fully saturated rings. The van der Waals surface area contributed by atoms with Crippen molar-refractivity contribution in [2.45, 2.75) is 18.2 Å². The molecule has 0 aliphatic rings. The minimum absolute atomic E-state index is 0.416. The van der Waals surface area contributed by atoms with Crippen molar-refractivity contribution in [1.82, 2.24) is 0 Å². The molecule has 0 aliphatic carbocycles. The molecule has 0 bridgehead atoms. The SMILES string of the molecule is CC(C(N)c1ccsc1)S(C)(=O)=O. The maximum Gasteiger partial charge on any atom is 0.151 e. The van der Waals surface area contributed by atoms with Gasteiger partial charge in [-0.1, -0.05) is 0 Å². The molecule has 5 heteroatoms. The molecule has 1 aromatic rings. The standard InChI is InChI=1S/C8H13NO2S2/c1-6(13(2,10)11)8(9)7-3-4-12-5-7/h3-6,8H,9H2,1-2H3. The molecule has 13 heavy (non-hydrogen) atoms. The molecule has 3 nitrogen and oxygen atoms in total.